The number of methoxy groups -OCH3 is 1. The summed E-state index contributed by atoms with van der Waals surface area (Å²) in [7, 11) is 3.37. The highest BCUT2D eigenvalue weighted by molar-refractivity contribution is 7.99. The van der Waals surface area contributed by atoms with Crippen molar-refractivity contribution in [3.05, 3.63) is 77.0 Å². The number of para-hydroxylation sites is 1. The number of nitrogens with zero attached hydrogens (tertiary/aromatic N) is 3. The molecule has 0 aliphatic heterocycles. The monoisotopic (exact) mass is 466 g/mol. The standard InChI is InChI=1S/C24H23FN4O3S/c1-28-14-17(16-8-4-3-5-9-16)21-22(28)23(31)29(12-13-32-2)24(27-21)33-15-20(30)26-19-11-7-6-10-18(19)25/h3-11,14H,12-13,15H2,1-2H3,(H,26,30). The van der Waals surface area contributed by atoms with Crippen LogP contribution in [0.15, 0.2) is 70.7 Å². The smallest absolute Gasteiger partial charge is 0.278 e. The van der Waals surface area contributed by atoms with Crippen LogP contribution in [0.4, 0.5) is 10.1 Å². The number of fused-ring (bicyclic) bond motifs is 1. The molecule has 0 saturated carbocycles. The molecule has 0 saturated heterocycles. The van der Waals surface area contributed by atoms with Crippen LogP contribution in [-0.2, 0) is 23.1 Å². The second-order valence-electron chi connectivity index (χ2n) is 7.38. The van der Waals surface area contributed by atoms with Crippen molar-refractivity contribution >= 4 is 34.4 Å². The number of thioether (sulfide) groups is 1. The van der Waals surface area contributed by atoms with Crippen LogP contribution in [0.3, 0.4) is 0 Å². The summed E-state index contributed by atoms with van der Waals surface area (Å²) in [6, 6.07) is 15.7. The molecular formula is C24H23FN4O3S. The Morgan fingerprint density at radius 3 is 2.61 bits per heavy atom. The number of rotatable bonds is 8. The SMILES string of the molecule is COCCn1c(SCC(=O)Nc2ccccc2F)nc2c(-c3ccccc3)cn(C)c2c1=O. The second kappa shape index (κ2) is 10.0. The van der Waals surface area contributed by atoms with Crippen molar-refractivity contribution in [1.82, 2.24) is 14.1 Å². The Labute approximate surface area is 194 Å². The normalized spacial score (nSPS) is 11.1. The van der Waals surface area contributed by atoms with E-state index in [-0.39, 0.29) is 17.0 Å². The summed E-state index contributed by atoms with van der Waals surface area (Å²) in [6.07, 6.45) is 1.88. The lowest BCUT2D eigenvalue weighted by atomic mass is 10.1. The Kier molecular flexibility index (Phi) is 6.90. The second-order valence-corrected chi connectivity index (χ2v) is 8.32. The number of ether oxygens (including phenoxy) is 1. The molecule has 2 aromatic heterocycles. The topological polar surface area (TPSA) is 78.2 Å². The molecule has 170 valence electrons. The third-order valence-electron chi connectivity index (χ3n) is 5.13. The first-order valence-corrected chi connectivity index (χ1v) is 11.3. The van der Waals surface area contributed by atoms with Gasteiger partial charge >= 0.3 is 0 Å². The van der Waals surface area contributed by atoms with E-state index in [9.17, 15) is 14.0 Å². The van der Waals surface area contributed by atoms with Crippen molar-refractivity contribution < 1.29 is 13.9 Å². The molecule has 2 heterocycles. The fourth-order valence-electron chi connectivity index (χ4n) is 3.55. The lowest BCUT2D eigenvalue weighted by molar-refractivity contribution is -0.113. The van der Waals surface area contributed by atoms with Gasteiger partial charge in [-0.3, -0.25) is 14.2 Å². The lowest BCUT2D eigenvalue weighted by Crippen LogP contribution is -2.27. The molecule has 33 heavy (non-hydrogen) atoms. The van der Waals surface area contributed by atoms with E-state index >= 15 is 0 Å². The number of anilines is 1. The van der Waals surface area contributed by atoms with Gasteiger partial charge in [-0.1, -0.05) is 54.2 Å². The molecule has 0 atom stereocenters. The van der Waals surface area contributed by atoms with Gasteiger partial charge in [0.25, 0.3) is 5.56 Å². The molecule has 9 heteroatoms. The molecule has 4 aromatic rings. The summed E-state index contributed by atoms with van der Waals surface area (Å²) in [6.45, 7) is 0.611. The Bertz CT molecular complexity index is 1350. The minimum atomic E-state index is -0.510. The molecule has 0 unspecified atom stereocenters. The van der Waals surface area contributed by atoms with Crippen LogP contribution in [0.2, 0.25) is 0 Å². The minimum absolute atomic E-state index is 0.0350. The van der Waals surface area contributed by atoms with Gasteiger partial charge in [-0.15, -0.1) is 0 Å². The van der Waals surface area contributed by atoms with Crippen molar-refractivity contribution in [2.24, 2.45) is 7.05 Å². The molecule has 0 aliphatic rings. The predicted molar refractivity (Wildman–Crippen MR) is 128 cm³/mol. The van der Waals surface area contributed by atoms with Gasteiger partial charge in [0.1, 0.15) is 16.9 Å². The Hall–Kier alpha value is -3.43. The maximum atomic E-state index is 13.9. The minimum Gasteiger partial charge on any atom is -0.383 e. The number of benzene rings is 2. The van der Waals surface area contributed by atoms with E-state index in [0.717, 1.165) is 22.9 Å². The zero-order valence-corrected chi connectivity index (χ0v) is 19.1. The first kappa shape index (κ1) is 22.8. The Balaban J connectivity index is 1.70. The van der Waals surface area contributed by atoms with Gasteiger partial charge in [-0.25, -0.2) is 9.37 Å². The zero-order valence-electron chi connectivity index (χ0n) is 18.2. The quantitative estimate of drug-likeness (QED) is 0.315. The van der Waals surface area contributed by atoms with Gasteiger partial charge in [-0.2, -0.15) is 0 Å². The van der Waals surface area contributed by atoms with E-state index in [1.165, 1.54) is 16.7 Å². The molecule has 0 bridgehead atoms. The van der Waals surface area contributed by atoms with Crippen LogP contribution in [0.1, 0.15) is 0 Å². The van der Waals surface area contributed by atoms with Crippen molar-refractivity contribution in [1.29, 1.82) is 0 Å². The van der Waals surface area contributed by atoms with Gasteiger partial charge in [0.15, 0.2) is 5.16 Å². The van der Waals surface area contributed by atoms with Gasteiger partial charge in [-0.05, 0) is 17.7 Å². The lowest BCUT2D eigenvalue weighted by Gasteiger charge is -2.13. The third kappa shape index (κ3) is 4.84. The third-order valence-corrected chi connectivity index (χ3v) is 6.10. The van der Waals surface area contributed by atoms with Crippen LogP contribution in [0.5, 0.6) is 0 Å². The number of nitrogens with one attached hydrogen (secondary N) is 1. The molecule has 2 aromatic carbocycles. The average molecular weight is 467 g/mol. The Morgan fingerprint density at radius 2 is 1.88 bits per heavy atom. The number of aromatic nitrogens is 3. The van der Waals surface area contributed by atoms with E-state index < -0.39 is 11.7 Å². The van der Waals surface area contributed by atoms with Crippen LogP contribution in [0.25, 0.3) is 22.2 Å². The molecule has 0 radical (unpaired) electrons. The number of carbonyl (C=O) groups is 1. The van der Waals surface area contributed by atoms with Gasteiger partial charge in [0, 0.05) is 25.9 Å². The first-order valence-electron chi connectivity index (χ1n) is 10.3. The number of halogens is 1. The summed E-state index contributed by atoms with van der Waals surface area (Å²) in [5.74, 6) is -0.939. The number of hydrogen-bond donors (Lipinski definition) is 1. The first-order chi connectivity index (χ1) is 16.0. The predicted octanol–water partition coefficient (Wildman–Crippen LogP) is 3.92. The molecule has 0 aliphatic carbocycles. The number of hydrogen-bond acceptors (Lipinski definition) is 5. The molecular weight excluding hydrogens is 443 g/mol. The maximum absolute atomic E-state index is 13.9. The van der Waals surface area contributed by atoms with E-state index in [4.69, 9.17) is 9.72 Å². The van der Waals surface area contributed by atoms with Gasteiger partial charge < -0.3 is 14.6 Å². The largest absolute Gasteiger partial charge is 0.383 e. The van der Waals surface area contributed by atoms with Crippen molar-refractivity contribution in [3.8, 4) is 11.1 Å². The molecule has 1 amide bonds. The highest BCUT2D eigenvalue weighted by Crippen LogP contribution is 2.29. The summed E-state index contributed by atoms with van der Waals surface area (Å²) in [5.41, 5.74) is 2.72. The summed E-state index contributed by atoms with van der Waals surface area (Å²) in [4.78, 5) is 30.6. The summed E-state index contributed by atoms with van der Waals surface area (Å²) < 4.78 is 22.3. The van der Waals surface area contributed by atoms with Gasteiger partial charge in [0.05, 0.1) is 24.6 Å². The van der Waals surface area contributed by atoms with E-state index in [2.05, 4.69) is 5.32 Å². The highest BCUT2D eigenvalue weighted by Gasteiger charge is 2.19. The van der Waals surface area contributed by atoms with Crippen LogP contribution < -0.4 is 10.9 Å². The van der Waals surface area contributed by atoms with Crippen molar-refractivity contribution in [3.63, 3.8) is 0 Å². The molecule has 4 rings (SSSR count). The van der Waals surface area contributed by atoms with E-state index in [1.807, 2.05) is 43.6 Å². The van der Waals surface area contributed by atoms with E-state index in [1.54, 1.807) is 23.8 Å². The molecule has 7 nitrogen and oxygen atoms in total. The average Bonchev–Trinajstić information content (AvgIpc) is 3.15. The van der Waals surface area contributed by atoms with Crippen LogP contribution in [0, 0.1) is 5.82 Å². The molecule has 0 spiro atoms. The number of carbonyl (C=O) groups excluding carboxylic acids is 1. The molecule has 0 fully saturated rings. The molecule has 1 N–H and O–H groups in total. The Morgan fingerprint density at radius 1 is 1.15 bits per heavy atom. The van der Waals surface area contributed by atoms with Crippen molar-refractivity contribution in [2.45, 2.75) is 11.7 Å². The summed E-state index contributed by atoms with van der Waals surface area (Å²) in [5, 5.41) is 2.96. The van der Waals surface area contributed by atoms with Crippen LogP contribution >= 0.6 is 11.8 Å². The number of amides is 1. The van der Waals surface area contributed by atoms with Crippen LogP contribution in [-0.4, -0.2) is 39.5 Å². The zero-order chi connectivity index (χ0) is 23.4. The fourth-order valence-corrected chi connectivity index (χ4v) is 4.37. The highest BCUT2D eigenvalue weighted by atomic mass is 32.2. The number of aryl methyl sites for hydroxylation is 1. The fraction of sp³-hybridized carbons (Fsp3) is 0.208. The summed E-state index contributed by atoms with van der Waals surface area (Å²) >= 11 is 1.13. The van der Waals surface area contributed by atoms with Crippen molar-refractivity contribution in [2.75, 3.05) is 24.8 Å². The van der Waals surface area contributed by atoms with E-state index in [0.29, 0.717) is 29.3 Å². The maximum Gasteiger partial charge on any atom is 0.278 e. The van der Waals surface area contributed by atoms with Gasteiger partial charge in [0.2, 0.25) is 5.91 Å².